The molecule has 0 aliphatic heterocycles. The molecule has 3 nitrogen and oxygen atoms in total. The van der Waals surface area contributed by atoms with Crippen LogP contribution in [0.3, 0.4) is 0 Å². The Bertz CT molecular complexity index is 389. The van der Waals surface area contributed by atoms with Crippen LogP contribution in [0.15, 0.2) is 0 Å². The summed E-state index contributed by atoms with van der Waals surface area (Å²) in [5.41, 5.74) is -1.22. The van der Waals surface area contributed by atoms with E-state index in [1.807, 2.05) is 0 Å². The number of hydrogen-bond donors (Lipinski definition) is 2. The van der Waals surface area contributed by atoms with E-state index in [0.717, 1.165) is 12.8 Å². The molecule has 3 rings (SSSR count). The molecule has 0 spiro atoms. The van der Waals surface area contributed by atoms with Crippen molar-refractivity contribution >= 4 is 5.78 Å². The molecule has 0 radical (unpaired) electrons. The van der Waals surface area contributed by atoms with Crippen molar-refractivity contribution in [2.75, 3.05) is 6.61 Å². The lowest BCUT2D eigenvalue weighted by molar-refractivity contribution is -0.143. The summed E-state index contributed by atoms with van der Waals surface area (Å²) in [6, 6.07) is 0. The van der Waals surface area contributed by atoms with Crippen molar-refractivity contribution < 1.29 is 15.0 Å². The topological polar surface area (TPSA) is 57.5 Å². The van der Waals surface area contributed by atoms with Crippen LogP contribution in [-0.4, -0.2) is 28.2 Å². The molecule has 102 valence electrons. The van der Waals surface area contributed by atoms with Crippen LogP contribution < -0.4 is 0 Å². The van der Waals surface area contributed by atoms with Crippen molar-refractivity contribution in [3.63, 3.8) is 0 Å². The number of ketones is 1. The Morgan fingerprint density at radius 3 is 2.56 bits per heavy atom. The molecule has 0 aromatic heterocycles. The van der Waals surface area contributed by atoms with Crippen molar-refractivity contribution in [3.8, 4) is 0 Å². The van der Waals surface area contributed by atoms with Gasteiger partial charge >= 0.3 is 0 Å². The monoisotopic (exact) mass is 252 g/mol. The van der Waals surface area contributed by atoms with E-state index in [-0.39, 0.29) is 29.6 Å². The maximum absolute atomic E-state index is 12.3. The minimum Gasteiger partial charge on any atom is -0.396 e. The van der Waals surface area contributed by atoms with Gasteiger partial charge in [-0.3, -0.25) is 4.79 Å². The van der Waals surface area contributed by atoms with Crippen LogP contribution >= 0.6 is 0 Å². The highest BCUT2D eigenvalue weighted by atomic mass is 16.3. The second kappa shape index (κ2) is 3.57. The summed E-state index contributed by atoms with van der Waals surface area (Å²) in [5.74, 6) is 1.79. The van der Waals surface area contributed by atoms with Crippen molar-refractivity contribution in [2.24, 2.45) is 35.0 Å². The predicted molar refractivity (Wildman–Crippen MR) is 67.8 cm³/mol. The van der Waals surface area contributed by atoms with Crippen LogP contribution in [0.2, 0.25) is 0 Å². The van der Waals surface area contributed by atoms with Gasteiger partial charge in [0.05, 0.1) is 0 Å². The molecule has 0 heterocycles. The van der Waals surface area contributed by atoms with E-state index in [1.165, 1.54) is 0 Å². The maximum atomic E-state index is 12.3. The first-order valence-corrected chi connectivity index (χ1v) is 7.20. The summed E-state index contributed by atoms with van der Waals surface area (Å²) in [7, 11) is 0. The van der Waals surface area contributed by atoms with Crippen LogP contribution in [0.25, 0.3) is 0 Å². The normalized spacial score (nSPS) is 58.9. The summed E-state index contributed by atoms with van der Waals surface area (Å²) in [6.45, 7) is 6.24. The summed E-state index contributed by atoms with van der Waals surface area (Å²) < 4.78 is 0. The van der Waals surface area contributed by atoms with Crippen LogP contribution in [0.4, 0.5) is 0 Å². The van der Waals surface area contributed by atoms with E-state index in [1.54, 1.807) is 6.92 Å². The number of aliphatic hydroxyl groups is 2. The molecule has 3 aliphatic rings. The van der Waals surface area contributed by atoms with Crippen molar-refractivity contribution in [2.45, 2.75) is 45.6 Å². The molecule has 0 amide bonds. The Morgan fingerprint density at radius 1 is 1.28 bits per heavy atom. The summed E-state index contributed by atoms with van der Waals surface area (Å²) in [6.07, 6.45) is 2.51. The number of fused-ring (bicyclic) bond motifs is 3. The first-order chi connectivity index (χ1) is 8.34. The van der Waals surface area contributed by atoms with Crippen LogP contribution in [0.5, 0.6) is 0 Å². The highest BCUT2D eigenvalue weighted by Gasteiger charge is 2.70. The van der Waals surface area contributed by atoms with Gasteiger partial charge in [0.2, 0.25) is 0 Å². The zero-order valence-corrected chi connectivity index (χ0v) is 11.5. The number of Topliss-reactive ketones (excluding diaryl/α,β-unsaturated/α-hetero) is 1. The second-order valence-corrected chi connectivity index (χ2v) is 7.31. The Morgan fingerprint density at radius 2 is 1.94 bits per heavy atom. The van der Waals surface area contributed by atoms with Gasteiger partial charge in [0.1, 0.15) is 5.60 Å². The third kappa shape index (κ3) is 1.35. The lowest BCUT2D eigenvalue weighted by Crippen LogP contribution is -2.45. The molecule has 3 aliphatic carbocycles. The largest absolute Gasteiger partial charge is 0.396 e. The quantitative estimate of drug-likeness (QED) is 0.745. The average Bonchev–Trinajstić information content (AvgIpc) is 2.71. The molecular weight excluding hydrogens is 228 g/mol. The van der Waals surface area contributed by atoms with E-state index in [2.05, 4.69) is 13.8 Å². The van der Waals surface area contributed by atoms with Crippen LogP contribution in [-0.2, 0) is 4.79 Å². The van der Waals surface area contributed by atoms with Gasteiger partial charge in [-0.1, -0.05) is 20.3 Å². The third-order valence-corrected chi connectivity index (χ3v) is 6.43. The van der Waals surface area contributed by atoms with Crippen molar-refractivity contribution in [3.05, 3.63) is 0 Å². The highest BCUT2D eigenvalue weighted by Crippen LogP contribution is 2.70. The Labute approximate surface area is 109 Å². The summed E-state index contributed by atoms with van der Waals surface area (Å²) >= 11 is 0. The molecule has 0 saturated heterocycles. The van der Waals surface area contributed by atoms with Gasteiger partial charge in [-0.15, -0.1) is 0 Å². The van der Waals surface area contributed by atoms with Crippen molar-refractivity contribution in [1.29, 1.82) is 0 Å². The molecule has 3 saturated carbocycles. The number of rotatable bonds is 1. The van der Waals surface area contributed by atoms with Crippen LogP contribution in [0.1, 0.15) is 40.0 Å². The molecule has 3 heteroatoms. The van der Waals surface area contributed by atoms with E-state index >= 15 is 0 Å². The Hall–Kier alpha value is -0.410. The molecule has 0 unspecified atom stereocenters. The predicted octanol–water partition coefficient (Wildman–Crippen LogP) is 1.62. The van der Waals surface area contributed by atoms with Gasteiger partial charge in [-0.05, 0) is 48.3 Å². The molecule has 18 heavy (non-hydrogen) atoms. The van der Waals surface area contributed by atoms with Gasteiger partial charge in [0, 0.05) is 13.0 Å². The molecule has 0 bridgehead atoms. The van der Waals surface area contributed by atoms with E-state index in [4.69, 9.17) is 0 Å². The van der Waals surface area contributed by atoms with E-state index < -0.39 is 5.60 Å². The minimum atomic E-state index is -1.14. The minimum absolute atomic E-state index is 0.00345. The summed E-state index contributed by atoms with van der Waals surface area (Å²) in [5, 5.41) is 20.2. The maximum Gasteiger partial charge on any atom is 0.164 e. The number of carbonyl (C=O) groups excluding carboxylic acids is 1. The SMILES string of the molecule is C[C@H]1CC[C@@H]2[C@H]1[C@@H]1[C@H](CC(=O)[C@@]2(C)O)[C@]1(C)CO. The molecule has 3 fully saturated rings. The highest BCUT2D eigenvalue weighted by molar-refractivity contribution is 5.88. The Kier molecular flexibility index (Phi) is 2.50. The number of hydrogen-bond acceptors (Lipinski definition) is 3. The first-order valence-electron chi connectivity index (χ1n) is 7.20. The van der Waals surface area contributed by atoms with Gasteiger partial charge in [0.25, 0.3) is 0 Å². The lowest BCUT2D eigenvalue weighted by atomic mass is 9.74. The number of aliphatic hydroxyl groups excluding tert-OH is 1. The second-order valence-electron chi connectivity index (χ2n) is 7.31. The Balaban J connectivity index is 2.00. The van der Waals surface area contributed by atoms with Gasteiger partial charge in [0.15, 0.2) is 5.78 Å². The zero-order chi connectivity index (χ0) is 13.3. The van der Waals surface area contributed by atoms with E-state index in [9.17, 15) is 15.0 Å². The average molecular weight is 252 g/mol. The first kappa shape index (κ1) is 12.6. The van der Waals surface area contributed by atoms with E-state index in [0.29, 0.717) is 24.2 Å². The molecule has 2 N–H and O–H groups in total. The van der Waals surface area contributed by atoms with Crippen molar-refractivity contribution in [1.82, 2.24) is 0 Å². The third-order valence-electron chi connectivity index (χ3n) is 6.43. The molecule has 0 aromatic rings. The summed E-state index contributed by atoms with van der Waals surface area (Å²) in [4.78, 5) is 12.3. The molecular formula is C15H24O3. The van der Waals surface area contributed by atoms with Gasteiger partial charge in [-0.2, -0.15) is 0 Å². The fraction of sp³-hybridized carbons (Fsp3) is 0.933. The van der Waals surface area contributed by atoms with Crippen LogP contribution in [0, 0.1) is 35.0 Å². The number of carbonyl (C=O) groups is 1. The molecule has 0 aromatic carbocycles. The molecule has 7 atom stereocenters. The fourth-order valence-electron chi connectivity index (χ4n) is 5.09. The smallest absolute Gasteiger partial charge is 0.164 e. The van der Waals surface area contributed by atoms with Gasteiger partial charge in [-0.25, -0.2) is 0 Å². The lowest BCUT2D eigenvalue weighted by Gasteiger charge is -2.34. The fourth-order valence-corrected chi connectivity index (χ4v) is 5.09. The zero-order valence-electron chi connectivity index (χ0n) is 11.5. The van der Waals surface area contributed by atoms with Gasteiger partial charge < -0.3 is 10.2 Å². The standard InChI is InChI=1S/C15H24O3/c1-8-4-5-9-12(8)13-10(14(13,2)7-16)6-11(17)15(9,3)18/h8-10,12-13,16,18H,4-7H2,1-3H3/t8-,9+,10-,12-,13-,14-,15-/m0/s1.